The molecule has 2 aromatic heterocycles. The second-order valence-corrected chi connectivity index (χ2v) is 10.3. The number of rotatable bonds is 4. The van der Waals surface area contributed by atoms with Gasteiger partial charge in [0, 0.05) is 63.4 Å². The van der Waals surface area contributed by atoms with Crippen LogP contribution >= 0.6 is 0 Å². The average molecular weight is 715 g/mol. The summed E-state index contributed by atoms with van der Waals surface area (Å²) in [5.41, 5.74) is 15.0. The highest BCUT2D eigenvalue weighted by molar-refractivity contribution is 6.06. The normalized spacial score (nSPS) is 9.27. The first-order chi connectivity index (χ1) is 22.4. The van der Waals surface area contributed by atoms with Crippen LogP contribution < -0.4 is 27.6 Å². The number of anilines is 3. The fraction of sp³-hybridized carbons (Fsp3) is 0.179. The molecule has 8 N–H and O–H groups in total. The van der Waals surface area contributed by atoms with E-state index in [-0.39, 0.29) is 59.4 Å². The van der Waals surface area contributed by atoms with Gasteiger partial charge in [-0.05, 0) is 61.4 Å². The Bertz CT molecular complexity index is 2260. The van der Waals surface area contributed by atoms with Gasteiger partial charge >= 0.3 is 5.97 Å². The van der Waals surface area contributed by atoms with Crippen molar-refractivity contribution in [3.8, 4) is 0 Å². The number of nitrogens with two attached hydrogens (primary N) is 2. The third-order valence-corrected chi connectivity index (χ3v) is 7.04. The Balaban J connectivity index is 0. The number of aromatic carboxylic acids is 1. The number of pyridine rings is 2. The van der Waals surface area contributed by atoms with E-state index >= 15 is 0 Å². The van der Waals surface area contributed by atoms with Gasteiger partial charge < -0.3 is 31.9 Å². The predicted molar refractivity (Wildman–Crippen MR) is 216 cm³/mol. The number of hydrogen-bond acceptors (Lipinski definition) is 8. The Kier molecular flexibility index (Phi) is 18.8. The third kappa shape index (κ3) is 11.1. The lowest BCUT2D eigenvalue weighted by atomic mass is 10.1. The van der Waals surface area contributed by atoms with Gasteiger partial charge in [-0.2, -0.15) is 0 Å². The van der Waals surface area contributed by atoms with Gasteiger partial charge in [0.15, 0.2) is 0 Å². The molecule has 278 valence electrons. The van der Waals surface area contributed by atoms with Gasteiger partial charge in [-0.15, -0.1) is 0 Å². The van der Waals surface area contributed by atoms with Crippen molar-refractivity contribution in [2.24, 2.45) is 0 Å². The molecule has 2 heterocycles. The minimum Gasteiger partial charge on any atom is -0.477 e. The van der Waals surface area contributed by atoms with Crippen LogP contribution in [0.2, 0.25) is 0 Å². The summed E-state index contributed by atoms with van der Waals surface area (Å²) < 4.78 is 0. The first-order valence-corrected chi connectivity index (χ1v) is 14.0. The number of benzene rings is 4. The Morgan fingerprint density at radius 1 is 0.712 bits per heavy atom. The molecule has 0 aliphatic heterocycles. The van der Waals surface area contributed by atoms with Crippen LogP contribution in [-0.2, 0) is 0 Å². The minimum absolute atomic E-state index is 0. The van der Waals surface area contributed by atoms with Crippen molar-refractivity contribution >= 4 is 56.4 Å². The SMILES string of the molecule is C.C.C.C.C.Cc1ccc(N)cc1NC(=O)c1c[nH]c2ccccc2c1=O.Cc1ccc([N+](=O)[O-])cc1N.O=C(O)c1c[nH]c2ccccc2c1=O. The fourth-order valence-corrected chi connectivity index (χ4v) is 4.37. The van der Waals surface area contributed by atoms with E-state index in [1.54, 1.807) is 67.6 Å². The van der Waals surface area contributed by atoms with Crippen molar-refractivity contribution < 1.29 is 19.6 Å². The van der Waals surface area contributed by atoms with Crippen molar-refractivity contribution in [3.05, 3.63) is 150 Å². The van der Waals surface area contributed by atoms with Crippen LogP contribution in [-0.4, -0.2) is 31.9 Å². The van der Waals surface area contributed by atoms with Gasteiger partial charge in [0.05, 0.1) is 4.92 Å². The van der Waals surface area contributed by atoms with Gasteiger partial charge in [-0.3, -0.25) is 24.5 Å². The summed E-state index contributed by atoms with van der Waals surface area (Å²) in [5.74, 6) is -1.67. The van der Waals surface area contributed by atoms with Crippen LogP contribution in [0, 0.1) is 24.0 Å². The van der Waals surface area contributed by atoms with Crippen LogP contribution in [0.5, 0.6) is 0 Å². The molecule has 13 nitrogen and oxygen atoms in total. The largest absolute Gasteiger partial charge is 0.477 e. The lowest BCUT2D eigenvalue weighted by molar-refractivity contribution is -0.384. The maximum Gasteiger partial charge on any atom is 0.341 e. The zero-order chi connectivity index (χ0) is 34.2. The van der Waals surface area contributed by atoms with Gasteiger partial charge in [0.2, 0.25) is 10.9 Å². The van der Waals surface area contributed by atoms with Gasteiger partial charge in [-0.1, -0.05) is 73.5 Å². The van der Waals surface area contributed by atoms with E-state index in [2.05, 4.69) is 15.3 Å². The van der Waals surface area contributed by atoms with Crippen LogP contribution in [0.25, 0.3) is 21.8 Å². The Morgan fingerprint density at radius 2 is 1.19 bits per heavy atom. The van der Waals surface area contributed by atoms with E-state index in [9.17, 15) is 29.3 Å². The van der Waals surface area contributed by atoms with Crippen molar-refractivity contribution in [1.82, 2.24) is 9.97 Å². The molecule has 0 bridgehead atoms. The summed E-state index contributed by atoms with van der Waals surface area (Å²) in [4.78, 5) is 62.5. The third-order valence-electron chi connectivity index (χ3n) is 7.04. The average Bonchev–Trinajstić information content (AvgIpc) is 3.05. The van der Waals surface area contributed by atoms with Crippen molar-refractivity contribution in [3.63, 3.8) is 0 Å². The molecule has 52 heavy (non-hydrogen) atoms. The number of fused-ring (bicyclic) bond motifs is 2. The van der Waals surface area contributed by atoms with E-state index in [0.717, 1.165) is 11.1 Å². The van der Waals surface area contributed by atoms with Crippen molar-refractivity contribution in [1.29, 1.82) is 0 Å². The zero-order valence-electron chi connectivity index (χ0n) is 25.2. The zero-order valence-corrected chi connectivity index (χ0v) is 25.2. The molecule has 13 heteroatoms. The summed E-state index contributed by atoms with van der Waals surface area (Å²) in [6, 6.07) is 23.5. The van der Waals surface area contributed by atoms with Crippen LogP contribution in [0.4, 0.5) is 22.7 Å². The summed E-state index contributed by atoms with van der Waals surface area (Å²) in [6.45, 7) is 3.67. The van der Waals surface area contributed by atoms with Gasteiger partial charge in [0.25, 0.3) is 11.6 Å². The van der Waals surface area contributed by atoms with Crippen LogP contribution in [0.3, 0.4) is 0 Å². The molecule has 0 saturated carbocycles. The first kappa shape index (κ1) is 47.4. The van der Waals surface area contributed by atoms with E-state index in [1.807, 2.05) is 19.1 Å². The molecule has 1 amide bonds. The topological polar surface area (TPSA) is 227 Å². The number of hydrogen-bond donors (Lipinski definition) is 6. The molecule has 0 fully saturated rings. The summed E-state index contributed by atoms with van der Waals surface area (Å²) in [7, 11) is 0. The number of aromatic amines is 2. The molecule has 6 aromatic rings. The van der Waals surface area contributed by atoms with Crippen LogP contribution in [0.1, 0.15) is 69.0 Å². The van der Waals surface area contributed by atoms with Crippen molar-refractivity contribution in [2.75, 3.05) is 16.8 Å². The molecule has 0 aliphatic rings. The Hall–Kier alpha value is -6.76. The molecule has 4 aromatic carbocycles. The van der Waals surface area contributed by atoms with E-state index in [0.29, 0.717) is 38.9 Å². The molecule has 0 atom stereocenters. The maximum absolute atomic E-state index is 12.4. The first-order valence-electron chi connectivity index (χ1n) is 14.0. The van der Waals surface area contributed by atoms with Crippen molar-refractivity contribution in [2.45, 2.75) is 51.0 Å². The monoisotopic (exact) mass is 714 g/mol. The summed E-state index contributed by atoms with van der Waals surface area (Å²) >= 11 is 0. The number of non-ortho nitro benzene ring substituents is 1. The fourth-order valence-electron chi connectivity index (χ4n) is 4.37. The molecule has 6 rings (SSSR count). The number of amides is 1. The predicted octanol–water partition coefficient (Wildman–Crippen LogP) is 8.56. The Morgan fingerprint density at radius 3 is 1.69 bits per heavy atom. The molecular formula is C39H50N6O7. The lowest BCUT2D eigenvalue weighted by Gasteiger charge is -2.09. The number of nitro groups is 1. The number of H-pyrrole nitrogens is 2. The number of nitrogens with zero attached hydrogens (tertiary/aromatic N) is 1. The molecule has 0 spiro atoms. The highest BCUT2D eigenvalue weighted by Gasteiger charge is 2.14. The summed E-state index contributed by atoms with van der Waals surface area (Å²) in [5, 5.41) is 22.5. The molecule has 0 aliphatic carbocycles. The molecular weight excluding hydrogens is 664 g/mol. The van der Waals surface area contributed by atoms with E-state index in [1.165, 1.54) is 24.5 Å². The number of nitrogen functional groups attached to an aromatic ring is 2. The smallest absolute Gasteiger partial charge is 0.341 e. The number of nitrogens with one attached hydrogen (secondary N) is 3. The number of carbonyl (C=O) groups excluding carboxylic acids is 1. The lowest BCUT2D eigenvalue weighted by Crippen LogP contribution is -2.22. The number of para-hydroxylation sites is 2. The highest BCUT2D eigenvalue weighted by Crippen LogP contribution is 2.19. The number of carboxylic acids is 1. The second-order valence-electron chi connectivity index (χ2n) is 10.3. The number of carboxylic acid groups (broad SMARTS) is 1. The number of carbonyl (C=O) groups is 2. The Labute approximate surface area is 303 Å². The number of aromatic nitrogens is 2. The van der Waals surface area contributed by atoms with Gasteiger partial charge in [-0.25, -0.2) is 4.79 Å². The van der Waals surface area contributed by atoms with Gasteiger partial charge in [0.1, 0.15) is 11.1 Å². The quantitative estimate of drug-likeness (QED) is 0.0583. The van der Waals surface area contributed by atoms with E-state index < -0.39 is 22.2 Å². The summed E-state index contributed by atoms with van der Waals surface area (Å²) in [6.07, 6.45) is 2.65. The molecule has 0 radical (unpaired) electrons. The highest BCUT2D eigenvalue weighted by atomic mass is 16.6. The maximum atomic E-state index is 12.4. The van der Waals surface area contributed by atoms with Crippen LogP contribution in [0.15, 0.2) is 107 Å². The minimum atomic E-state index is -1.21. The number of nitro benzene ring substituents is 1. The second kappa shape index (κ2) is 20.7. The number of aryl methyl sites for hydroxylation is 2. The van der Waals surface area contributed by atoms with E-state index in [4.69, 9.17) is 16.6 Å². The molecule has 0 unspecified atom stereocenters. The molecule has 0 saturated heterocycles. The standard InChI is InChI=1S/C17H15N3O2.C10H7NO3.C7H8N2O2.5CH4/c1-10-6-7-11(18)8-15(10)20-17(22)13-9-19-14-5-3-2-4-12(14)16(13)21;12-9-6-3-1-2-4-8(6)11-5-7(9)10(13)14;1-5-2-3-6(9(10)11)4-7(5)8;;;;;/h2-9H,18H2,1H3,(H,19,21)(H,20,22);1-5H,(H,11,12)(H,13,14);2-4H,8H2,1H3;5*1H4.